The molecule has 12 heteroatoms. The lowest BCUT2D eigenvalue weighted by molar-refractivity contribution is -0.137. The number of hydrogen-bond donors (Lipinski definition) is 1. The molecule has 0 aliphatic rings. The van der Waals surface area contributed by atoms with Crippen molar-refractivity contribution in [3.05, 3.63) is 94.3 Å². The summed E-state index contributed by atoms with van der Waals surface area (Å²) in [5.41, 5.74) is 2.06. The first kappa shape index (κ1) is 27.2. The van der Waals surface area contributed by atoms with Gasteiger partial charge in [0.15, 0.2) is 0 Å². The van der Waals surface area contributed by atoms with Gasteiger partial charge in [-0.25, -0.2) is 18.2 Å². The summed E-state index contributed by atoms with van der Waals surface area (Å²) >= 11 is 5.68. The van der Waals surface area contributed by atoms with Gasteiger partial charge in [0.2, 0.25) is 0 Å². The van der Waals surface area contributed by atoms with E-state index in [1.807, 2.05) is 0 Å². The Hall–Kier alpha value is -3.44. The first-order valence-electron chi connectivity index (χ1n) is 10.3. The normalized spacial score (nSPS) is 12.4. The molecule has 0 spiro atoms. The van der Waals surface area contributed by atoms with Crippen molar-refractivity contribution in [2.24, 2.45) is 5.10 Å². The molecule has 0 saturated carbocycles. The summed E-state index contributed by atoms with van der Waals surface area (Å²) in [4.78, 5) is 12.4. The zero-order valence-corrected chi connectivity index (χ0v) is 20.5. The molecular weight excluding hydrogens is 522 g/mol. The van der Waals surface area contributed by atoms with E-state index >= 15 is 0 Å². The zero-order chi connectivity index (χ0) is 26.7. The van der Waals surface area contributed by atoms with Gasteiger partial charge < -0.3 is 0 Å². The molecule has 36 heavy (non-hydrogen) atoms. The lowest BCUT2D eigenvalue weighted by atomic mass is 10.1. The minimum atomic E-state index is -4.86. The van der Waals surface area contributed by atoms with E-state index in [2.05, 4.69) is 10.5 Å². The number of rotatable bonds is 7. The second kappa shape index (κ2) is 10.7. The van der Waals surface area contributed by atoms with E-state index in [0.717, 1.165) is 17.7 Å². The SMILES string of the molecule is C/C(=N/NC(=O)CN(c1ccc(Cl)c(C(F)(F)F)c1)S(=O)(=O)c1ccc(C)cc1)c1ccc(F)cc1. The van der Waals surface area contributed by atoms with Crippen molar-refractivity contribution in [3.63, 3.8) is 0 Å². The predicted molar refractivity (Wildman–Crippen MR) is 129 cm³/mol. The van der Waals surface area contributed by atoms with Crippen molar-refractivity contribution in [2.75, 3.05) is 10.8 Å². The summed E-state index contributed by atoms with van der Waals surface area (Å²) in [5, 5.41) is 3.26. The monoisotopic (exact) mass is 541 g/mol. The van der Waals surface area contributed by atoms with Crippen molar-refractivity contribution in [1.29, 1.82) is 0 Å². The molecule has 190 valence electrons. The van der Waals surface area contributed by atoms with Crippen molar-refractivity contribution in [3.8, 4) is 0 Å². The third-order valence-corrected chi connectivity index (χ3v) is 7.17. The van der Waals surface area contributed by atoms with Crippen LogP contribution in [0.25, 0.3) is 0 Å². The van der Waals surface area contributed by atoms with Crippen LogP contribution in [0.2, 0.25) is 5.02 Å². The molecule has 6 nitrogen and oxygen atoms in total. The van der Waals surface area contributed by atoms with Gasteiger partial charge in [0.05, 0.1) is 26.9 Å². The van der Waals surface area contributed by atoms with Crippen LogP contribution in [-0.4, -0.2) is 26.6 Å². The van der Waals surface area contributed by atoms with Crippen LogP contribution in [0.1, 0.15) is 23.6 Å². The topological polar surface area (TPSA) is 78.8 Å². The molecule has 0 saturated heterocycles. The highest BCUT2D eigenvalue weighted by molar-refractivity contribution is 7.92. The van der Waals surface area contributed by atoms with Gasteiger partial charge in [-0.1, -0.05) is 41.4 Å². The highest BCUT2D eigenvalue weighted by Gasteiger charge is 2.35. The van der Waals surface area contributed by atoms with Gasteiger partial charge in [0.25, 0.3) is 15.9 Å². The molecule has 0 aromatic heterocycles. The molecule has 3 aromatic rings. The smallest absolute Gasteiger partial charge is 0.271 e. The summed E-state index contributed by atoms with van der Waals surface area (Å²) in [5.74, 6) is -1.38. The number of benzene rings is 3. The van der Waals surface area contributed by atoms with E-state index < -0.39 is 50.7 Å². The average Bonchev–Trinajstić information content (AvgIpc) is 2.81. The summed E-state index contributed by atoms with van der Waals surface area (Å²) < 4.78 is 80.7. The number of sulfonamides is 1. The van der Waals surface area contributed by atoms with Crippen molar-refractivity contribution in [1.82, 2.24) is 5.43 Å². The molecule has 0 heterocycles. The summed E-state index contributed by atoms with van der Waals surface area (Å²) in [6.07, 6.45) is -4.86. The van der Waals surface area contributed by atoms with Gasteiger partial charge in [-0.05, 0) is 61.9 Å². The van der Waals surface area contributed by atoms with Gasteiger partial charge in [-0.3, -0.25) is 9.10 Å². The van der Waals surface area contributed by atoms with E-state index in [1.54, 1.807) is 6.92 Å². The van der Waals surface area contributed by atoms with Crippen LogP contribution < -0.4 is 9.73 Å². The van der Waals surface area contributed by atoms with Crippen LogP contribution in [-0.2, 0) is 21.0 Å². The van der Waals surface area contributed by atoms with Gasteiger partial charge in [-0.15, -0.1) is 0 Å². The molecule has 0 unspecified atom stereocenters. The van der Waals surface area contributed by atoms with Gasteiger partial charge in [0, 0.05) is 0 Å². The van der Waals surface area contributed by atoms with Crippen LogP contribution in [0.5, 0.6) is 0 Å². The molecule has 3 rings (SSSR count). The third kappa shape index (κ3) is 6.41. The number of hydrazone groups is 1. The quantitative estimate of drug-likeness (QED) is 0.242. The maximum absolute atomic E-state index is 13.4. The highest BCUT2D eigenvalue weighted by atomic mass is 35.5. The largest absolute Gasteiger partial charge is 0.417 e. The average molecular weight is 542 g/mol. The Labute approximate surface area is 210 Å². The maximum atomic E-state index is 13.4. The number of alkyl halides is 3. The molecule has 1 N–H and O–H groups in total. The number of hydrogen-bond acceptors (Lipinski definition) is 4. The number of amides is 1. The molecular formula is C24H20ClF4N3O3S. The Morgan fingerprint density at radius 1 is 1.03 bits per heavy atom. The van der Waals surface area contributed by atoms with Crippen molar-refractivity contribution >= 4 is 38.9 Å². The zero-order valence-electron chi connectivity index (χ0n) is 19.0. The number of nitrogens with one attached hydrogen (secondary N) is 1. The highest BCUT2D eigenvalue weighted by Crippen LogP contribution is 2.38. The fourth-order valence-corrected chi connectivity index (χ4v) is 4.74. The van der Waals surface area contributed by atoms with Crippen molar-refractivity contribution < 1.29 is 30.8 Å². The second-order valence-corrected chi connectivity index (χ2v) is 10.00. The van der Waals surface area contributed by atoms with E-state index in [-0.39, 0.29) is 4.90 Å². The predicted octanol–water partition coefficient (Wildman–Crippen LogP) is 5.54. The molecule has 3 aromatic carbocycles. The fourth-order valence-electron chi connectivity index (χ4n) is 3.11. The van der Waals surface area contributed by atoms with E-state index in [4.69, 9.17) is 11.6 Å². The van der Waals surface area contributed by atoms with E-state index in [1.165, 1.54) is 55.5 Å². The van der Waals surface area contributed by atoms with Crippen LogP contribution in [0.3, 0.4) is 0 Å². The van der Waals surface area contributed by atoms with E-state index in [0.29, 0.717) is 21.6 Å². The first-order chi connectivity index (χ1) is 16.8. The molecule has 0 aliphatic carbocycles. The number of aryl methyl sites for hydroxylation is 1. The van der Waals surface area contributed by atoms with E-state index in [9.17, 15) is 30.8 Å². The fraction of sp³-hybridized carbons (Fsp3) is 0.167. The summed E-state index contributed by atoms with van der Waals surface area (Å²) in [7, 11) is -4.46. The van der Waals surface area contributed by atoms with Crippen LogP contribution in [0, 0.1) is 12.7 Å². The van der Waals surface area contributed by atoms with Crippen LogP contribution >= 0.6 is 11.6 Å². The Morgan fingerprint density at radius 2 is 1.64 bits per heavy atom. The number of halogens is 5. The number of anilines is 1. The summed E-state index contributed by atoms with van der Waals surface area (Å²) in [6.45, 7) is 2.39. The van der Waals surface area contributed by atoms with Crippen molar-refractivity contribution in [2.45, 2.75) is 24.9 Å². The molecule has 0 fully saturated rings. The molecule has 1 amide bonds. The Balaban J connectivity index is 1.97. The molecule has 0 radical (unpaired) electrons. The first-order valence-corrected chi connectivity index (χ1v) is 12.2. The Morgan fingerprint density at radius 3 is 2.22 bits per heavy atom. The lowest BCUT2D eigenvalue weighted by Crippen LogP contribution is -2.40. The minimum Gasteiger partial charge on any atom is -0.271 e. The van der Waals surface area contributed by atoms with Gasteiger partial charge in [0.1, 0.15) is 12.4 Å². The second-order valence-electron chi connectivity index (χ2n) is 7.73. The molecule has 0 aliphatic heterocycles. The summed E-state index contributed by atoms with van der Waals surface area (Å²) in [6, 6.07) is 13.4. The molecule has 0 bridgehead atoms. The Kier molecular flexibility index (Phi) is 8.05. The standard InChI is InChI=1S/C24H20ClF4N3O3S/c1-15-3-10-20(11-4-15)36(34,35)32(19-9-12-22(25)21(13-19)24(27,28)29)14-23(33)31-30-16(2)17-5-7-18(26)8-6-17/h3-13H,14H2,1-2H3,(H,31,33)/b30-16-. The third-order valence-electron chi connectivity index (χ3n) is 5.05. The number of carbonyl (C=O) groups excluding carboxylic acids is 1. The Bertz CT molecular complexity index is 1390. The van der Waals surface area contributed by atoms with Gasteiger partial charge >= 0.3 is 6.18 Å². The van der Waals surface area contributed by atoms with Gasteiger partial charge in [-0.2, -0.15) is 18.3 Å². The van der Waals surface area contributed by atoms with Crippen LogP contribution in [0.4, 0.5) is 23.2 Å². The molecule has 0 atom stereocenters. The number of nitrogens with zero attached hydrogens (tertiary/aromatic N) is 2. The van der Waals surface area contributed by atoms with Crippen LogP contribution in [0.15, 0.2) is 76.7 Å². The number of carbonyl (C=O) groups is 1. The lowest BCUT2D eigenvalue weighted by Gasteiger charge is -2.25. The maximum Gasteiger partial charge on any atom is 0.417 e. The minimum absolute atomic E-state index is 0.226.